The van der Waals surface area contributed by atoms with Crippen molar-refractivity contribution in [3.63, 3.8) is 0 Å². The molecule has 0 unspecified atom stereocenters. The topological polar surface area (TPSA) is 71.2 Å². The van der Waals surface area contributed by atoms with Crippen LogP contribution in [0.1, 0.15) is 12.6 Å². The summed E-state index contributed by atoms with van der Waals surface area (Å²) in [7, 11) is 2.02. The molecule has 1 amide bonds. The lowest BCUT2D eigenvalue weighted by Gasteiger charge is -2.13. The number of aromatic nitrogens is 1. The van der Waals surface area contributed by atoms with E-state index in [0.717, 1.165) is 18.8 Å². The lowest BCUT2D eigenvalue weighted by molar-refractivity contribution is -0.120. The van der Waals surface area contributed by atoms with Crippen molar-refractivity contribution in [3.05, 3.63) is 11.1 Å². The van der Waals surface area contributed by atoms with Crippen molar-refractivity contribution in [3.8, 4) is 0 Å². The number of amides is 1. The maximum absolute atomic E-state index is 11.5. The Bertz CT molecular complexity index is 339. The SMILES string of the molecule is CCN(C)CCNC(=O)Cc1csc(N)n1. The number of thiazole rings is 1. The molecule has 1 aromatic rings. The smallest absolute Gasteiger partial charge is 0.226 e. The van der Waals surface area contributed by atoms with Crippen LogP contribution in [-0.2, 0) is 11.2 Å². The Balaban J connectivity index is 2.21. The molecule has 0 saturated heterocycles. The molecule has 1 rings (SSSR count). The van der Waals surface area contributed by atoms with Crippen LogP contribution in [0.3, 0.4) is 0 Å². The van der Waals surface area contributed by atoms with Gasteiger partial charge in [-0.05, 0) is 13.6 Å². The van der Waals surface area contributed by atoms with Gasteiger partial charge in [-0.2, -0.15) is 0 Å². The van der Waals surface area contributed by atoms with E-state index in [1.807, 2.05) is 12.4 Å². The van der Waals surface area contributed by atoms with E-state index in [0.29, 0.717) is 18.1 Å². The predicted octanol–water partition coefficient (Wildman–Crippen LogP) is 0.336. The zero-order chi connectivity index (χ0) is 12.0. The summed E-state index contributed by atoms with van der Waals surface area (Å²) in [6.07, 6.45) is 0.309. The fourth-order valence-corrected chi connectivity index (χ4v) is 1.74. The molecule has 16 heavy (non-hydrogen) atoms. The minimum Gasteiger partial charge on any atom is -0.375 e. The van der Waals surface area contributed by atoms with E-state index in [-0.39, 0.29) is 5.91 Å². The first-order chi connectivity index (χ1) is 7.61. The molecule has 0 bridgehead atoms. The van der Waals surface area contributed by atoms with Crippen LogP contribution in [0.2, 0.25) is 0 Å². The van der Waals surface area contributed by atoms with Crippen molar-refractivity contribution in [1.82, 2.24) is 15.2 Å². The molecule has 1 heterocycles. The first-order valence-corrected chi connectivity index (χ1v) is 6.15. The molecule has 3 N–H and O–H groups in total. The quantitative estimate of drug-likeness (QED) is 0.754. The van der Waals surface area contributed by atoms with Crippen LogP contribution in [0, 0.1) is 0 Å². The van der Waals surface area contributed by atoms with Crippen molar-refractivity contribution >= 4 is 22.4 Å². The lowest BCUT2D eigenvalue weighted by Crippen LogP contribution is -2.33. The average molecular weight is 242 g/mol. The predicted molar refractivity (Wildman–Crippen MR) is 66.4 cm³/mol. The third-order valence-corrected chi connectivity index (χ3v) is 2.99. The number of hydrogen-bond donors (Lipinski definition) is 2. The number of nitrogens with one attached hydrogen (secondary N) is 1. The van der Waals surface area contributed by atoms with Gasteiger partial charge in [0.1, 0.15) is 0 Å². The second-order valence-corrected chi connectivity index (χ2v) is 4.49. The summed E-state index contributed by atoms with van der Waals surface area (Å²) in [6, 6.07) is 0. The Morgan fingerprint density at radius 3 is 3.00 bits per heavy atom. The van der Waals surface area contributed by atoms with E-state index < -0.39 is 0 Å². The molecule has 6 heteroatoms. The number of anilines is 1. The second-order valence-electron chi connectivity index (χ2n) is 3.60. The summed E-state index contributed by atoms with van der Waals surface area (Å²) in [5.41, 5.74) is 6.22. The van der Waals surface area contributed by atoms with E-state index in [1.165, 1.54) is 11.3 Å². The van der Waals surface area contributed by atoms with Gasteiger partial charge in [0, 0.05) is 18.5 Å². The highest BCUT2D eigenvalue weighted by Crippen LogP contribution is 2.10. The summed E-state index contributed by atoms with van der Waals surface area (Å²) >= 11 is 1.36. The first-order valence-electron chi connectivity index (χ1n) is 5.27. The maximum atomic E-state index is 11.5. The molecule has 0 spiro atoms. The van der Waals surface area contributed by atoms with Crippen molar-refractivity contribution in [2.75, 3.05) is 32.4 Å². The molecule has 0 atom stereocenters. The van der Waals surface area contributed by atoms with Gasteiger partial charge < -0.3 is 16.0 Å². The molecule has 90 valence electrons. The van der Waals surface area contributed by atoms with Crippen LogP contribution in [0.5, 0.6) is 0 Å². The minimum atomic E-state index is -0.00481. The van der Waals surface area contributed by atoms with Crippen molar-refractivity contribution in [2.45, 2.75) is 13.3 Å². The van der Waals surface area contributed by atoms with Gasteiger partial charge in [0.25, 0.3) is 0 Å². The van der Waals surface area contributed by atoms with E-state index in [2.05, 4.69) is 22.1 Å². The number of carbonyl (C=O) groups is 1. The van der Waals surface area contributed by atoms with Gasteiger partial charge in [-0.1, -0.05) is 6.92 Å². The molecule has 0 saturated carbocycles. The third kappa shape index (κ3) is 4.59. The zero-order valence-electron chi connectivity index (χ0n) is 9.69. The van der Waals surface area contributed by atoms with Crippen LogP contribution in [0.4, 0.5) is 5.13 Å². The molecule has 0 fully saturated rings. The number of rotatable bonds is 6. The first kappa shape index (κ1) is 12.9. The Kier molecular flexibility index (Phi) is 5.21. The van der Waals surface area contributed by atoms with E-state index in [9.17, 15) is 4.79 Å². The highest BCUT2D eigenvalue weighted by molar-refractivity contribution is 7.13. The van der Waals surface area contributed by atoms with Gasteiger partial charge in [0.2, 0.25) is 5.91 Å². The number of likely N-dealkylation sites (N-methyl/N-ethyl adjacent to an activating group) is 1. The number of hydrogen-bond acceptors (Lipinski definition) is 5. The van der Waals surface area contributed by atoms with Crippen molar-refractivity contribution < 1.29 is 4.79 Å². The molecule has 0 aliphatic carbocycles. The fraction of sp³-hybridized carbons (Fsp3) is 0.600. The Morgan fingerprint density at radius 1 is 1.69 bits per heavy atom. The van der Waals surface area contributed by atoms with Crippen molar-refractivity contribution in [2.24, 2.45) is 0 Å². The van der Waals surface area contributed by atoms with Crippen molar-refractivity contribution in [1.29, 1.82) is 0 Å². The molecule has 0 aliphatic rings. The summed E-state index contributed by atoms with van der Waals surface area (Å²) in [6.45, 7) is 4.60. The van der Waals surface area contributed by atoms with Crippen LogP contribution < -0.4 is 11.1 Å². The largest absolute Gasteiger partial charge is 0.375 e. The van der Waals surface area contributed by atoms with Crippen LogP contribution >= 0.6 is 11.3 Å². The molecule has 5 nitrogen and oxygen atoms in total. The summed E-state index contributed by atoms with van der Waals surface area (Å²) in [5.74, 6) is -0.00481. The summed E-state index contributed by atoms with van der Waals surface area (Å²) in [4.78, 5) is 17.7. The van der Waals surface area contributed by atoms with Crippen LogP contribution in [0.15, 0.2) is 5.38 Å². The Hall–Kier alpha value is -1.14. The van der Waals surface area contributed by atoms with E-state index in [1.54, 1.807) is 0 Å². The highest BCUT2D eigenvalue weighted by Gasteiger charge is 2.06. The average Bonchev–Trinajstić information content (AvgIpc) is 2.63. The number of nitrogen functional groups attached to an aromatic ring is 1. The highest BCUT2D eigenvalue weighted by atomic mass is 32.1. The van der Waals surface area contributed by atoms with Crippen LogP contribution in [-0.4, -0.2) is 42.5 Å². The monoisotopic (exact) mass is 242 g/mol. The van der Waals surface area contributed by atoms with Gasteiger partial charge in [0.05, 0.1) is 12.1 Å². The van der Waals surface area contributed by atoms with Gasteiger partial charge in [0.15, 0.2) is 5.13 Å². The van der Waals surface area contributed by atoms with Gasteiger partial charge in [-0.15, -0.1) is 11.3 Å². The molecule has 0 aromatic carbocycles. The Morgan fingerprint density at radius 2 is 2.44 bits per heavy atom. The number of nitrogens with zero attached hydrogens (tertiary/aromatic N) is 2. The van der Waals surface area contributed by atoms with E-state index in [4.69, 9.17) is 5.73 Å². The standard InChI is InChI=1S/C10H18N4OS/c1-3-14(2)5-4-12-9(15)6-8-7-16-10(11)13-8/h7H,3-6H2,1-2H3,(H2,11,13)(H,12,15). The third-order valence-electron chi connectivity index (χ3n) is 2.27. The lowest BCUT2D eigenvalue weighted by atomic mass is 10.3. The van der Waals surface area contributed by atoms with Crippen LogP contribution in [0.25, 0.3) is 0 Å². The maximum Gasteiger partial charge on any atom is 0.226 e. The minimum absolute atomic E-state index is 0.00481. The molecular formula is C10H18N4OS. The molecule has 0 aliphatic heterocycles. The van der Waals surface area contributed by atoms with Gasteiger partial charge in [-0.3, -0.25) is 4.79 Å². The van der Waals surface area contributed by atoms with E-state index >= 15 is 0 Å². The number of nitrogens with two attached hydrogens (primary N) is 1. The summed E-state index contributed by atoms with van der Waals surface area (Å²) in [5, 5.41) is 5.17. The normalized spacial score (nSPS) is 10.7. The van der Waals surface area contributed by atoms with Gasteiger partial charge >= 0.3 is 0 Å². The fourth-order valence-electron chi connectivity index (χ4n) is 1.18. The zero-order valence-corrected chi connectivity index (χ0v) is 10.5. The number of carbonyl (C=O) groups excluding carboxylic acids is 1. The molecular weight excluding hydrogens is 224 g/mol. The van der Waals surface area contributed by atoms with Gasteiger partial charge in [-0.25, -0.2) is 4.98 Å². The molecule has 1 aromatic heterocycles. The molecule has 0 radical (unpaired) electrons. The summed E-state index contributed by atoms with van der Waals surface area (Å²) < 4.78 is 0. The second kappa shape index (κ2) is 6.44. The Labute approximate surface area is 99.7 Å².